The highest BCUT2D eigenvalue weighted by Crippen LogP contribution is 2.30. The van der Waals surface area contributed by atoms with Crippen molar-refractivity contribution in [2.45, 2.75) is 26.3 Å². The molecule has 0 radical (unpaired) electrons. The van der Waals surface area contributed by atoms with Gasteiger partial charge in [-0.2, -0.15) is 0 Å². The van der Waals surface area contributed by atoms with Gasteiger partial charge in [-0.3, -0.25) is 0 Å². The SMILES string of the molecule is CCc1cc2c(N(C)C(C)CS(C)(=O)=O)ncnc2s1. The molecule has 2 heterocycles. The van der Waals surface area contributed by atoms with Crippen LogP contribution in [0.3, 0.4) is 0 Å². The van der Waals surface area contributed by atoms with Gasteiger partial charge in [0.25, 0.3) is 0 Å². The Labute approximate surface area is 123 Å². The van der Waals surface area contributed by atoms with Gasteiger partial charge in [0.15, 0.2) is 0 Å². The van der Waals surface area contributed by atoms with Crippen LogP contribution in [0.25, 0.3) is 10.2 Å². The van der Waals surface area contributed by atoms with Crippen molar-refractivity contribution in [3.05, 3.63) is 17.3 Å². The summed E-state index contributed by atoms with van der Waals surface area (Å²) in [6.07, 6.45) is 3.76. The maximum atomic E-state index is 11.4. The van der Waals surface area contributed by atoms with Gasteiger partial charge in [0.1, 0.15) is 26.8 Å². The van der Waals surface area contributed by atoms with E-state index in [4.69, 9.17) is 0 Å². The highest BCUT2D eigenvalue weighted by molar-refractivity contribution is 7.90. The zero-order valence-corrected chi connectivity index (χ0v) is 13.8. The number of rotatable bonds is 5. The van der Waals surface area contributed by atoms with Gasteiger partial charge in [0, 0.05) is 24.2 Å². The lowest BCUT2D eigenvalue weighted by atomic mass is 10.2. The Morgan fingerprint density at radius 2 is 2.10 bits per heavy atom. The molecule has 0 bridgehead atoms. The van der Waals surface area contributed by atoms with Crippen LogP contribution in [0.2, 0.25) is 0 Å². The summed E-state index contributed by atoms with van der Waals surface area (Å²) in [7, 11) is -1.14. The summed E-state index contributed by atoms with van der Waals surface area (Å²) in [6.45, 7) is 4.00. The van der Waals surface area contributed by atoms with E-state index in [0.29, 0.717) is 0 Å². The van der Waals surface area contributed by atoms with E-state index in [0.717, 1.165) is 22.5 Å². The number of aryl methyl sites for hydroxylation is 1. The molecule has 0 spiro atoms. The molecule has 1 atom stereocenters. The molecule has 0 fully saturated rings. The van der Waals surface area contributed by atoms with Gasteiger partial charge in [-0.25, -0.2) is 18.4 Å². The van der Waals surface area contributed by atoms with E-state index in [1.165, 1.54) is 17.5 Å². The molecule has 20 heavy (non-hydrogen) atoms. The topological polar surface area (TPSA) is 63.2 Å². The molecule has 2 aromatic heterocycles. The predicted molar refractivity (Wildman–Crippen MR) is 84.4 cm³/mol. The summed E-state index contributed by atoms with van der Waals surface area (Å²) >= 11 is 1.66. The number of thiophene rings is 1. The second kappa shape index (κ2) is 5.65. The first-order valence-electron chi connectivity index (χ1n) is 6.45. The van der Waals surface area contributed by atoms with Crippen molar-refractivity contribution >= 4 is 37.2 Å². The number of aromatic nitrogens is 2. The molecule has 7 heteroatoms. The minimum Gasteiger partial charge on any atom is -0.355 e. The average Bonchev–Trinajstić information content (AvgIpc) is 2.78. The van der Waals surface area contributed by atoms with Crippen LogP contribution >= 0.6 is 11.3 Å². The van der Waals surface area contributed by atoms with Crippen molar-refractivity contribution in [1.29, 1.82) is 0 Å². The van der Waals surface area contributed by atoms with Gasteiger partial charge in [-0.1, -0.05) is 6.92 Å². The smallest absolute Gasteiger partial charge is 0.149 e. The third kappa shape index (κ3) is 3.27. The van der Waals surface area contributed by atoms with Gasteiger partial charge in [-0.15, -0.1) is 11.3 Å². The molecule has 1 unspecified atom stereocenters. The highest BCUT2D eigenvalue weighted by Gasteiger charge is 2.19. The Kier molecular flexibility index (Phi) is 4.29. The van der Waals surface area contributed by atoms with Crippen molar-refractivity contribution in [1.82, 2.24) is 9.97 Å². The first kappa shape index (κ1) is 15.2. The lowest BCUT2D eigenvalue weighted by molar-refractivity contribution is 0.593. The Morgan fingerprint density at radius 3 is 2.70 bits per heavy atom. The third-order valence-electron chi connectivity index (χ3n) is 3.25. The summed E-state index contributed by atoms with van der Waals surface area (Å²) < 4.78 is 22.9. The van der Waals surface area contributed by atoms with E-state index < -0.39 is 9.84 Å². The molecule has 5 nitrogen and oxygen atoms in total. The van der Waals surface area contributed by atoms with Gasteiger partial charge in [0.05, 0.1) is 11.1 Å². The minimum atomic E-state index is -3.01. The largest absolute Gasteiger partial charge is 0.355 e. The van der Waals surface area contributed by atoms with Crippen LogP contribution < -0.4 is 4.90 Å². The molecule has 0 amide bonds. The highest BCUT2D eigenvalue weighted by atomic mass is 32.2. The van der Waals surface area contributed by atoms with Crippen LogP contribution in [0.4, 0.5) is 5.82 Å². The van der Waals surface area contributed by atoms with E-state index in [2.05, 4.69) is 23.0 Å². The van der Waals surface area contributed by atoms with Crippen LogP contribution in [0, 0.1) is 0 Å². The molecule has 0 aliphatic heterocycles. The van der Waals surface area contributed by atoms with Crippen LogP contribution in [0.1, 0.15) is 18.7 Å². The van der Waals surface area contributed by atoms with Gasteiger partial charge < -0.3 is 4.90 Å². The molecule has 0 aromatic carbocycles. The van der Waals surface area contributed by atoms with Gasteiger partial charge >= 0.3 is 0 Å². The van der Waals surface area contributed by atoms with Gasteiger partial charge in [-0.05, 0) is 19.4 Å². The molecule has 0 saturated heterocycles. The number of anilines is 1. The summed E-state index contributed by atoms with van der Waals surface area (Å²) in [4.78, 5) is 12.7. The van der Waals surface area contributed by atoms with Crippen molar-refractivity contribution < 1.29 is 8.42 Å². The molecule has 2 rings (SSSR count). The fourth-order valence-corrected chi connectivity index (χ4v) is 4.14. The molecular formula is C13H19N3O2S2. The van der Waals surface area contributed by atoms with Crippen LogP contribution in [0.15, 0.2) is 12.4 Å². The van der Waals surface area contributed by atoms with Crippen molar-refractivity contribution in [2.75, 3.05) is 24.0 Å². The maximum absolute atomic E-state index is 11.4. The Hall–Kier alpha value is -1.21. The summed E-state index contributed by atoms with van der Waals surface area (Å²) in [5, 5.41) is 0.997. The van der Waals surface area contributed by atoms with Crippen LogP contribution in [0.5, 0.6) is 0 Å². The van der Waals surface area contributed by atoms with E-state index in [1.807, 2.05) is 18.9 Å². The van der Waals surface area contributed by atoms with E-state index in [1.54, 1.807) is 11.3 Å². The summed E-state index contributed by atoms with van der Waals surface area (Å²) in [5.41, 5.74) is 0. The molecule has 2 aromatic rings. The lowest BCUT2D eigenvalue weighted by Gasteiger charge is -2.25. The number of hydrogen-bond acceptors (Lipinski definition) is 6. The molecule has 0 aliphatic carbocycles. The molecular weight excluding hydrogens is 294 g/mol. The van der Waals surface area contributed by atoms with Crippen molar-refractivity contribution in [2.24, 2.45) is 0 Å². The fraction of sp³-hybridized carbons (Fsp3) is 0.538. The minimum absolute atomic E-state index is 0.111. The Balaban J connectivity index is 2.39. The van der Waals surface area contributed by atoms with Crippen molar-refractivity contribution in [3.63, 3.8) is 0 Å². The first-order valence-corrected chi connectivity index (χ1v) is 9.33. The zero-order chi connectivity index (χ0) is 14.9. The third-order valence-corrected chi connectivity index (χ3v) is 5.52. The van der Waals surface area contributed by atoms with E-state index in [-0.39, 0.29) is 11.8 Å². The number of hydrogen-bond donors (Lipinski definition) is 0. The van der Waals surface area contributed by atoms with E-state index >= 15 is 0 Å². The second-order valence-corrected chi connectivity index (χ2v) is 8.33. The predicted octanol–water partition coefficient (Wildman–Crippen LogP) is 2.12. The summed E-state index contributed by atoms with van der Waals surface area (Å²) in [6, 6.07) is 1.96. The molecule has 110 valence electrons. The van der Waals surface area contributed by atoms with Crippen LogP contribution in [-0.4, -0.2) is 43.5 Å². The average molecular weight is 313 g/mol. The molecule has 0 aliphatic rings. The quantitative estimate of drug-likeness (QED) is 0.846. The second-order valence-electron chi connectivity index (χ2n) is 5.03. The normalized spacial score (nSPS) is 13.6. The van der Waals surface area contributed by atoms with Gasteiger partial charge in [0.2, 0.25) is 0 Å². The molecule has 0 saturated carbocycles. The molecule has 0 N–H and O–H groups in total. The van der Waals surface area contributed by atoms with E-state index in [9.17, 15) is 8.42 Å². The maximum Gasteiger partial charge on any atom is 0.149 e. The summed E-state index contributed by atoms with van der Waals surface area (Å²) in [5.74, 6) is 0.904. The fourth-order valence-electron chi connectivity index (χ4n) is 2.11. The Morgan fingerprint density at radius 1 is 1.40 bits per heavy atom. The first-order chi connectivity index (χ1) is 9.31. The van der Waals surface area contributed by atoms with Crippen LogP contribution in [-0.2, 0) is 16.3 Å². The zero-order valence-electron chi connectivity index (χ0n) is 12.1. The monoisotopic (exact) mass is 313 g/mol. The number of fused-ring (bicyclic) bond motifs is 1. The lowest BCUT2D eigenvalue weighted by Crippen LogP contribution is -2.35. The standard InChI is InChI=1S/C13H19N3O2S2/c1-5-10-6-11-12(14-8-15-13(11)19-10)16(3)9(2)7-20(4,17)18/h6,8-9H,5,7H2,1-4H3. The number of nitrogens with zero attached hydrogens (tertiary/aromatic N) is 3. The number of sulfone groups is 1. The Bertz CT molecular complexity index is 709. The van der Waals surface area contributed by atoms with Crippen molar-refractivity contribution in [3.8, 4) is 0 Å².